The maximum Gasteiger partial charge on any atom is 0.318 e. The molecule has 0 saturated heterocycles. The van der Waals surface area contributed by atoms with E-state index in [1.807, 2.05) is 12.3 Å². The zero-order valence-electron chi connectivity index (χ0n) is 15.5. The van der Waals surface area contributed by atoms with Crippen LogP contribution in [0.3, 0.4) is 0 Å². The molecule has 1 aromatic heterocycles. The molecular formula is C18H30N4O2S. The van der Waals surface area contributed by atoms with Gasteiger partial charge in [0.25, 0.3) is 0 Å². The molecule has 0 spiro atoms. The molecule has 0 aromatic carbocycles. The maximum atomic E-state index is 12.6. The van der Waals surface area contributed by atoms with E-state index in [0.29, 0.717) is 17.6 Å². The first-order chi connectivity index (χ1) is 11.9. The molecule has 25 heavy (non-hydrogen) atoms. The van der Waals surface area contributed by atoms with E-state index in [-0.39, 0.29) is 24.5 Å². The van der Waals surface area contributed by atoms with E-state index < -0.39 is 0 Å². The SMILES string of the molecule is Cc1csc(NC(=O)CN(CCC(C)C)C(=O)NC2CCCCC2)n1. The summed E-state index contributed by atoms with van der Waals surface area (Å²) in [5.74, 6) is 0.284. The van der Waals surface area contributed by atoms with Crippen LogP contribution in [-0.2, 0) is 4.79 Å². The zero-order valence-corrected chi connectivity index (χ0v) is 16.3. The van der Waals surface area contributed by atoms with Gasteiger partial charge in [0.05, 0.1) is 5.69 Å². The summed E-state index contributed by atoms with van der Waals surface area (Å²) in [5, 5.41) is 8.37. The van der Waals surface area contributed by atoms with Gasteiger partial charge in [-0.1, -0.05) is 33.1 Å². The highest BCUT2D eigenvalue weighted by Crippen LogP contribution is 2.18. The predicted octanol–water partition coefficient (Wildman–Crippen LogP) is 3.78. The van der Waals surface area contributed by atoms with Gasteiger partial charge in [-0.15, -0.1) is 11.3 Å². The number of nitrogens with zero attached hydrogens (tertiary/aromatic N) is 2. The summed E-state index contributed by atoms with van der Waals surface area (Å²) < 4.78 is 0. The average molecular weight is 367 g/mol. The number of thiazole rings is 1. The van der Waals surface area contributed by atoms with Gasteiger partial charge in [0.15, 0.2) is 5.13 Å². The van der Waals surface area contributed by atoms with Crippen LogP contribution < -0.4 is 10.6 Å². The summed E-state index contributed by atoms with van der Waals surface area (Å²) in [7, 11) is 0. The average Bonchev–Trinajstić information content (AvgIpc) is 2.97. The van der Waals surface area contributed by atoms with Crippen molar-refractivity contribution in [2.24, 2.45) is 5.92 Å². The molecule has 7 heteroatoms. The number of anilines is 1. The fraction of sp³-hybridized carbons (Fsp3) is 0.722. The fourth-order valence-electron chi connectivity index (χ4n) is 2.92. The molecule has 2 rings (SSSR count). The maximum absolute atomic E-state index is 12.6. The van der Waals surface area contributed by atoms with Gasteiger partial charge < -0.3 is 15.5 Å². The monoisotopic (exact) mass is 366 g/mol. The number of carbonyl (C=O) groups excluding carboxylic acids is 2. The highest BCUT2D eigenvalue weighted by Gasteiger charge is 2.22. The largest absolute Gasteiger partial charge is 0.335 e. The number of amides is 3. The number of nitrogens with one attached hydrogen (secondary N) is 2. The van der Waals surface area contributed by atoms with E-state index in [1.165, 1.54) is 30.6 Å². The molecule has 1 saturated carbocycles. The molecule has 140 valence electrons. The zero-order chi connectivity index (χ0) is 18.2. The molecule has 1 fully saturated rings. The minimum atomic E-state index is -0.197. The molecule has 0 atom stereocenters. The van der Waals surface area contributed by atoms with E-state index >= 15 is 0 Å². The van der Waals surface area contributed by atoms with E-state index in [0.717, 1.165) is 25.0 Å². The summed E-state index contributed by atoms with van der Waals surface area (Å²) in [6, 6.07) is 0.116. The molecule has 0 unspecified atom stereocenters. The Morgan fingerprint density at radius 3 is 2.64 bits per heavy atom. The predicted molar refractivity (Wildman–Crippen MR) is 102 cm³/mol. The molecule has 6 nitrogen and oxygen atoms in total. The second-order valence-electron chi connectivity index (χ2n) is 7.23. The van der Waals surface area contributed by atoms with Gasteiger partial charge in [-0.05, 0) is 32.1 Å². The first-order valence-electron chi connectivity index (χ1n) is 9.21. The lowest BCUT2D eigenvalue weighted by atomic mass is 9.96. The van der Waals surface area contributed by atoms with Gasteiger partial charge >= 0.3 is 6.03 Å². The molecule has 1 aromatic rings. The third-order valence-corrected chi connectivity index (χ3v) is 5.27. The summed E-state index contributed by atoms with van der Waals surface area (Å²) in [6.07, 6.45) is 6.53. The van der Waals surface area contributed by atoms with Gasteiger partial charge in [0.2, 0.25) is 5.91 Å². The lowest BCUT2D eigenvalue weighted by Crippen LogP contribution is -2.48. The second-order valence-corrected chi connectivity index (χ2v) is 8.09. The van der Waals surface area contributed by atoms with Crippen LogP contribution in [0.15, 0.2) is 5.38 Å². The molecule has 3 amide bonds. The van der Waals surface area contributed by atoms with Crippen LogP contribution >= 0.6 is 11.3 Å². The first kappa shape index (κ1) is 19.7. The minimum absolute atomic E-state index is 0.0594. The number of hydrogen-bond donors (Lipinski definition) is 2. The third kappa shape index (κ3) is 7.02. The van der Waals surface area contributed by atoms with Crippen molar-refractivity contribution in [1.29, 1.82) is 0 Å². The van der Waals surface area contributed by atoms with Crippen LogP contribution in [0.2, 0.25) is 0 Å². The normalized spacial score (nSPS) is 15.2. The highest BCUT2D eigenvalue weighted by molar-refractivity contribution is 7.13. The molecule has 1 aliphatic carbocycles. The van der Waals surface area contributed by atoms with Crippen molar-refractivity contribution in [1.82, 2.24) is 15.2 Å². The van der Waals surface area contributed by atoms with E-state index in [1.54, 1.807) is 4.90 Å². The number of aromatic nitrogens is 1. The Hall–Kier alpha value is -1.63. The van der Waals surface area contributed by atoms with Crippen molar-refractivity contribution in [3.8, 4) is 0 Å². The van der Waals surface area contributed by atoms with Crippen molar-refractivity contribution in [2.75, 3.05) is 18.4 Å². The first-order valence-corrected chi connectivity index (χ1v) is 10.1. The van der Waals surface area contributed by atoms with Crippen LogP contribution in [-0.4, -0.2) is 41.0 Å². The summed E-state index contributed by atoms with van der Waals surface area (Å²) in [4.78, 5) is 30.8. The molecule has 0 radical (unpaired) electrons. The van der Waals surface area contributed by atoms with Crippen LogP contribution in [0.4, 0.5) is 9.93 Å². The van der Waals surface area contributed by atoms with Crippen molar-refractivity contribution in [3.63, 3.8) is 0 Å². The van der Waals surface area contributed by atoms with Crippen molar-refractivity contribution >= 4 is 28.4 Å². The Balaban J connectivity index is 1.90. The Morgan fingerprint density at radius 2 is 2.04 bits per heavy atom. The Kier molecular flexibility index (Phi) is 7.68. The van der Waals surface area contributed by atoms with Crippen LogP contribution in [0, 0.1) is 12.8 Å². The minimum Gasteiger partial charge on any atom is -0.335 e. The fourth-order valence-corrected chi connectivity index (χ4v) is 3.63. The topological polar surface area (TPSA) is 74.3 Å². The van der Waals surface area contributed by atoms with Gasteiger partial charge in [-0.3, -0.25) is 4.79 Å². The van der Waals surface area contributed by atoms with Crippen molar-refractivity contribution in [3.05, 3.63) is 11.1 Å². The van der Waals surface area contributed by atoms with Crippen LogP contribution in [0.25, 0.3) is 0 Å². The molecule has 0 aliphatic heterocycles. The number of hydrogen-bond acceptors (Lipinski definition) is 4. The number of urea groups is 1. The Bertz CT molecular complexity index is 567. The number of rotatable bonds is 7. The Labute approximate surface area is 154 Å². The summed E-state index contributed by atoms with van der Waals surface area (Å²) in [6.45, 7) is 6.77. The Morgan fingerprint density at radius 1 is 1.32 bits per heavy atom. The smallest absolute Gasteiger partial charge is 0.318 e. The van der Waals surface area contributed by atoms with Gasteiger partial charge in [-0.25, -0.2) is 9.78 Å². The molecular weight excluding hydrogens is 336 g/mol. The van der Waals surface area contributed by atoms with E-state index in [9.17, 15) is 9.59 Å². The van der Waals surface area contributed by atoms with E-state index in [4.69, 9.17) is 0 Å². The van der Waals surface area contributed by atoms with Gasteiger partial charge in [0.1, 0.15) is 6.54 Å². The van der Waals surface area contributed by atoms with Gasteiger partial charge in [0, 0.05) is 18.0 Å². The summed E-state index contributed by atoms with van der Waals surface area (Å²) in [5.41, 5.74) is 0.881. The highest BCUT2D eigenvalue weighted by atomic mass is 32.1. The quantitative estimate of drug-likeness (QED) is 0.771. The van der Waals surface area contributed by atoms with E-state index in [2.05, 4.69) is 29.5 Å². The van der Waals surface area contributed by atoms with Crippen molar-refractivity contribution < 1.29 is 9.59 Å². The molecule has 0 bridgehead atoms. The molecule has 1 aliphatic rings. The van der Waals surface area contributed by atoms with Crippen LogP contribution in [0.5, 0.6) is 0 Å². The van der Waals surface area contributed by atoms with Crippen LogP contribution in [0.1, 0.15) is 58.1 Å². The standard InChI is InChI=1S/C18H30N4O2S/c1-13(2)9-10-22(18(24)20-15-7-5-4-6-8-15)11-16(23)21-17-19-14(3)12-25-17/h12-13,15H,4-11H2,1-3H3,(H,20,24)(H,19,21,23). The molecule has 2 N–H and O–H groups in total. The van der Waals surface area contributed by atoms with Gasteiger partial charge in [-0.2, -0.15) is 0 Å². The number of carbonyl (C=O) groups is 2. The second kappa shape index (κ2) is 9.75. The lowest BCUT2D eigenvalue weighted by Gasteiger charge is -2.28. The summed E-state index contributed by atoms with van der Waals surface area (Å²) >= 11 is 1.40. The number of aryl methyl sites for hydroxylation is 1. The molecule has 1 heterocycles. The third-order valence-electron chi connectivity index (χ3n) is 4.40. The lowest BCUT2D eigenvalue weighted by molar-refractivity contribution is -0.116. The van der Waals surface area contributed by atoms with Crippen molar-refractivity contribution in [2.45, 2.75) is 65.3 Å².